The van der Waals surface area contributed by atoms with Crippen LogP contribution in [-0.2, 0) is 6.42 Å². The monoisotopic (exact) mass is 308 g/mol. The molecule has 120 valence electrons. The highest BCUT2D eigenvalue weighted by atomic mass is 16.4. The first-order valence-corrected chi connectivity index (χ1v) is 7.18. The molecule has 1 aromatic rings. The minimum Gasteiger partial charge on any atom is -0.478 e. The maximum Gasteiger partial charge on any atom is 0.336 e. The topological polar surface area (TPSA) is 112 Å². The molecule has 0 fully saturated rings. The standard InChI is InChI=1S/C16H20O6/c1-3-5-9(4-2)6-10-7-11(14(17)18)8-12(15(19)20)13(10)16(21)22/h7-9H,3-6H2,1-2H3,(H,17,18)(H,19,20)(H,21,22). The van der Waals surface area contributed by atoms with Crippen LogP contribution >= 0.6 is 0 Å². The van der Waals surface area contributed by atoms with Crippen molar-refractivity contribution in [3.8, 4) is 0 Å². The Bertz CT molecular complexity index is 591. The summed E-state index contributed by atoms with van der Waals surface area (Å²) in [5, 5.41) is 27.6. The van der Waals surface area contributed by atoms with Gasteiger partial charge in [-0.3, -0.25) is 0 Å². The third-order valence-electron chi connectivity index (χ3n) is 3.69. The van der Waals surface area contributed by atoms with Gasteiger partial charge in [0.25, 0.3) is 0 Å². The molecule has 0 amide bonds. The SMILES string of the molecule is CCCC(CC)Cc1cc(C(=O)O)cc(C(=O)O)c1C(=O)O. The number of carbonyl (C=O) groups is 3. The zero-order chi connectivity index (χ0) is 16.9. The van der Waals surface area contributed by atoms with Gasteiger partial charge in [0, 0.05) is 0 Å². The molecule has 1 atom stereocenters. The van der Waals surface area contributed by atoms with Gasteiger partial charge in [0.15, 0.2) is 0 Å². The number of aromatic carboxylic acids is 3. The summed E-state index contributed by atoms with van der Waals surface area (Å²) in [5.41, 5.74) is -0.727. The molecule has 6 nitrogen and oxygen atoms in total. The van der Waals surface area contributed by atoms with Crippen molar-refractivity contribution in [1.29, 1.82) is 0 Å². The lowest BCUT2D eigenvalue weighted by Gasteiger charge is -2.17. The second kappa shape index (κ2) is 7.59. The summed E-state index contributed by atoms with van der Waals surface area (Å²) in [4.78, 5) is 33.9. The van der Waals surface area contributed by atoms with E-state index in [0.717, 1.165) is 25.3 Å². The number of hydrogen-bond acceptors (Lipinski definition) is 3. The molecule has 0 aliphatic carbocycles. The first-order valence-electron chi connectivity index (χ1n) is 7.18. The van der Waals surface area contributed by atoms with E-state index in [1.807, 2.05) is 13.8 Å². The fourth-order valence-electron chi connectivity index (χ4n) is 2.58. The van der Waals surface area contributed by atoms with Crippen LogP contribution in [-0.4, -0.2) is 33.2 Å². The molecule has 0 aliphatic rings. The molecule has 1 rings (SSSR count). The summed E-state index contributed by atoms with van der Waals surface area (Å²) in [6, 6.07) is 2.18. The zero-order valence-corrected chi connectivity index (χ0v) is 12.6. The van der Waals surface area contributed by atoms with Gasteiger partial charge >= 0.3 is 17.9 Å². The Hall–Kier alpha value is -2.37. The van der Waals surface area contributed by atoms with Crippen LogP contribution in [0.1, 0.15) is 69.7 Å². The Balaban J connectivity index is 3.47. The van der Waals surface area contributed by atoms with Gasteiger partial charge in [0.1, 0.15) is 0 Å². The quantitative estimate of drug-likeness (QED) is 0.680. The van der Waals surface area contributed by atoms with Crippen LogP contribution in [0.4, 0.5) is 0 Å². The Morgan fingerprint density at radius 2 is 1.64 bits per heavy atom. The van der Waals surface area contributed by atoms with E-state index in [0.29, 0.717) is 6.42 Å². The third-order valence-corrected chi connectivity index (χ3v) is 3.69. The summed E-state index contributed by atoms with van der Waals surface area (Å²) in [6.45, 7) is 3.98. The van der Waals surface area contributed by atoms with E-state index in [1.54, 1.807) is 0 Å². The molecule has 0 saturated heterocycles. The van der Waals surface area contributed by atoms with Crippen molar-refractivity contribution in [2.75, 3.05) is 0 Å². The maximum absolute atomic E-state index is 11.4. The largest absolute Gasteiger partial charge is 0.478 e. The summed E-state index contributed by atoms with van der Waals surface area (Å²) in [6.07, 6.45) is 2.96. The Labute approximate surface area is 128 Å². The van der Waals surface area contributed by atoms with Gasteiger partial charge in [-0.05, 0) is 30.0 Å². The van der Waals surface area contributed by atoms with Crippen molar-refractivity contribution >= 4 is 17.9 Å². The minimum absolute atomic E-state index is 0.189. The van der Waals surface area contributed by atoms with Gasteiger partial charge in [-0.25, -0.2) is 14.4 Å². The Morgan fingerprint density at radius 3 is 2.05 bits per heavy atom. The van der Waals surface area contributed by atoms with E-state index in [9.17, 15) is 24.6 Å². The molecule has 0 heterocycles. The number of benzene rings is 1. The summed E-state index contributed by atoms with van der Waals surface area (Å²) in [7, 11) is 0. The fraction of sp³-hybridized carbons (Fsp3) is 0.438. The first kappa shape index (κ1) is 17.7. The Kier molecular flexibility index (Phi) is 6.10. The second-order valence-corrected chi connectivity index (χ2v) is 5.24. The normalized spacial score (nSPS) is 11.9. The predicted molar refractivity (Wildman–Crippen MR) is 79.7 cm³/mol. The highest BCUT2D eigenvalue weighted by molar-refractivity contribution is 6.05. The van der Waals surface area contributed by atoms with Crippen LogP contribution in [0, 0.1) is 5.92 Å². The molecule has 0 radical (unpaired) electrons. The number of carboxylic acid groups (broad SMARTS) is 3. The van der Waals surface area contributed by atoms with Gasteiger partial charge in [-0.1, -0.05) is 33.1 Å². The van der Waals surface area contributed by atoms with E-state index in [-0.39, 0.29) is 22.6 Å². The third kappa shape index (κ3) is 4.07. The van der Waals surface area contributed by atoms with E-state index in [1.165, 1.54) is 6.07 Å². The van der Waals surface area contributed by atoms with Crippen molar-refractivity contribution in [3.05, 3.63) is 34.4 Å². The molecule has 3 N–H and O–H groups in total. The summed E-state index contributed by atoms with van der Waals surface area (Å²) >= 11 is 0. The van der Waals surface area contributed by atoms with Crippen LogP contribution in [0.15, 0.2) is 12.1 Å². The molecule has 0 spiro atoms. The summed E-state index contributed by atoms with van der Waals surface area (Å²) < 4.78 is 0. The van der Waals surface area contributed by atoms with Crippen LogP contribution < -0.4 is 0 Å². The van der Waals surface area contributed by atoms with Crippen molar-refractivity contribution < 1.29 is 29.7 Å². The van der Waals surface area contributed by atoms with E-state index >= 15 is 0 Å². The maximum atomic E-state index is 11.4. The van der Waals surface area contributed by atoms with E-state index < -0.39 is 23.5 Å². The number of rotatable bonds is 8. The predicted octanol–water partition coefficient (Wildman–Crippen LogP) is 3.15. The zero-order valence-electron chi connectivity index (χ0n) is 12.6. The highest BCUT2D eigenvalue weighted by Crippen LogP contribution is 2.25. The molecule has 0 aromatic heterocycles. The molecule has 1 aromatic carbocycles. The van der Waals surface area contributed by atoms with Crippen LogP contribution in [0.3, 0.4) is 0 Å². The first-order chi connectivity index (χ1) is 10.3. The second-order valence-electron chi connectivity index (χ2n) is 5.24. The van der Waals surface area contributed by atoms with E-state index in [2.05, 4.69) is 0 Å². The van der Waals surface area contributed by atoms with Gasteiger partial charge in [0.2, 0.25) is 0 Å². The molecule has 0 aliphatic heterocycles. The minimum atomic E-state index is -1.44. The molecule has 0 bridgehead atoms. The lowest BCUT2D eigenvalue weighted by atomic mass is 9.87. The van der Waals surface area contributed by atoms with Gasteiger partial charge in [-0.15, -0.1) is 0 Å². The average Bonchev–Trinajstić information content (AvgIpc) is 2.45. The molecule has 0 saturated carbocycles. The summed E-state index contributed by atoms with van der Waals surface area (Å²) in [5.74, 6) is -3.88. The van der Waals surface area contributed by atoms with Gasteiger partial charge < -0.3 is 15.3 Å². The van der Waals surface area contributed by atoms with Gasteiger partial charge in [-0.2, -0.15) is 0 Å². The molecule has 22 heavy (non-hydrogen) atoms. The van der Waals surface area contributed by atoms with Crippen molar-refractivity contribution in [3.63, 3.8) is 0 Å². The molecule has 6 heteroatoms. The highest BCUT2D eigenvalue weighted by Gasteiger charge is 2.24. The average molecular weight is 308 g/mol. The Morgan fingerprint density at radius 1 is 1.00 bits per heavy atom. The van der Waals surface area contributed by atoms with Crippen molar-refractivity contribution in [2.45, 2.75) is 39.5 Å². The number of carboxylic acids is 3. The lowest BCUT2D eigenvalue weighted by Crippen LogP contribution is -2.16. The van der Waals surface area contributed by atoms with Crippen LogP contribution in [0.25, 0.3) is 0 Å². The fourth-order valence-corrected chi connectivity index (χ4v) is 2.58. The lowest BCUT2D eigenvalue weighted by molar-refractivity contribution is 0.0647. The molecular weight excluding hydrogens is 288 g/mol. The van der Waals surface area contributed by atoms with Crippen molar-refractivity contribution in [1.82, 2.24) is 0 Å². The molecule has 1 unspecified atom stereocenters. The van der Waals surface area contributed by atoms with Crippen molar-refractivity contribution in [2.24, 2.45) is 5.92 Å². The van der Waals surface area contributed by atoms with Crippen LogP contribution in [0.5, 0.6) is 0 Å². The van der Waals surface area contributed by atoms with E-state index in [4.69, 9.17) is 5.11 Å². The van der Waals surface area contributed by atoms with Gasteiger partial charge in [0.05, 0.1) is 16.7 Å². The number of hydrogen-bond donors (Lipinski definition) is 3. The van der Waals surface area contributed by atoms with Crippen LogP contribution in [0.2, 0.25) is 0 Å². The smallest absolute Gasteiger partial charge is 0.336 e. The molecular formula is C16H20O6.